The molecule has 36 heavy (non-hydrogen) atoms. The van der Waals surface area contributed by atoms with Gasteiger partial charge in [0.25, 0.3) is 17.7 Å². The molecule has 0 saturated carbocycles. The molecule has 1 unspecified atom stereocenters. The lowest BCUT2D eigenvalue weighted by Gasteiger charge is -2.47. The Kier molecular flexibility index (Phi) is 8.83. The summed E-state index contributed by atoms with van der Waals surface area (Å²) in [5.41, 5.74) is 4.47. The van der Waals surface area contributed by atoms with E-state index in [0.29, 0.717) is 5.56 Å². The molecule has 2 aromatic rings. The number of carbonyl (C=O) groups is 3. The van der Waals surface area contributed by atoms with Gasteiger partial charge in [0, 0.05) is 57.0 Å². The molecule has 2 aromatic carbocycles. The summed E-state index contributed by atoms with van der Waals surface area (Å²) in [6.45, 7) is 7.63. The first-order valence-corrected chi connectivity index (χ1v) is 11.7. The second-order valence-corrected chi connectivity index (χ2v) is 8.96. The van der Waals surface area contributed by atoms with Gasteiger partial charge in [-0.3, -0.25) is 24.5 Å². The Hall–Kier alpha value is -3.71. The van der Waals surface area contributed by atoms with Gasteiger partial charge < -0.3 is 15.0 Å². The number of amides is 3. The van der Waals surface area contributed by atoms with Crippen molar-refractivity contribution < 1.29 is 24.3 Å². The summed E-state index contributed by atoms with van der Waals surface area (Å²) < 4.78 is 5.77. The maximum atomic E-state index is 12.8. The van der Waals surface area contributed by atoms with Gasteiger partial charge in [-0.05, 0) is 55.8 Å². The first kappa shape index (κ1) is 26.9. The molecule has 0 bridgehead atoms. The zero-order valence-corrected chi connectivity index (χ0v) is 21.0. The number of hydrogen-bond acceptors (Lipinski definition) is 6. The first-order chi connectivity index (χ1) is 17.2. The van der Waals surface area contributed by atoms with E-state index in [0.717, 1.165) is 36.7 Å². The molecule has 0 aromatic heterocycles. The zero-order valence-electron chi connectivity index (χ0n) is 21.0. The lowest BCUT2D eigenvalue weighted by molar-refractivity contribution is -0.140. The number of nitrogens with zero attached hydrogens (tertiary/aromatic N) is 2. The van der Waals surface area contributed by atoms with E-state index in [2.05, 4.69) is 41.1 Å². The Balaban J connectivity index is 1.60. The lowest BCUT2D eigenvalue weighted by atomic mass is 9.95. The number of likely N-dealkylation sites (N-methyl/N-ethyl adjacent to an activating group) is 2. The van der Waals surface area contributed by atoms with E-state index in [1.165, 1.54) is 25.1 Å². The SMILES string of the molecule is CCOC1(C)CN(Cc2ccc(C#Cc3ccc(C(=O)N(C)C(C(=O)NC)C(=O)NO)cc3)cc2)C1. The van der Waals surface area contributed by atoms with Crippen molar-refractivity contribution in [1.29, 1.82) is 0 Å². The van der Waals surface area contributed by atoms with Crippen LogP contribution >= 0.6 is 0 Å². The van der Waals surface area contributed by atoms with Crippen LogP contribution in [0.15, 0.2) is 48.5 Å². The minimum absolute atomic E-state index is 0.0321. The fraction of sp³-hybridized carbons (Fsp3) is 0.370. The molecule has 1 saturated heterocycles. The summed E-state index contributed by atoms with van der Waals surface area (Å²) in [5.74, 6) is 3.92. The van der Waals surface area contributed by atoms with Crippen molar-refractivity contribution in [2.24, 2.45) is 0 Å². The molecule has 1 aliphatic heterocycles. The van der Waals surface area contributed by atoms with Crippen LogP contribution in [0.4, 0.5) is 0 Å². The molecule has 190 valence electrons. The summed E-state index contributed by atoms with van der Waals surface area (Å²) in [5, 5.41) is 11.2. The monoisotopic (exact) mass is 492 g/mol. The summed E-state index contributed by atoms with van der Waals surface area (Å²) in [4.78, 5) is 39.9. The number of ether oxygens (including phenoxy) is 1. The van der Waals surface area contributed by atoms with E-state index in [1.807, 2.05) is 19.1 Å². The summed E-state index contributed by atoms with van der Waals surface area (Å²) >= 11 is 0. The van der Waals surface area contributed by atoms with E-state index in [4.69, 9.17) is 9.94 Å². The van der Waals surface area contributed by atoms with Crippen molar-refractivity contribution in [3.63, 3.8) is 0 Å². The molecule has 3 rings (SSSR count). The normalized spacial score (nSPS) is 15.0. The average molecular weight is 493 g/mol. The Bertz CT molecular complexity index is 1130. The predicted molar refractivity (Wildman–Crippen MR) is 134 cm³/mol. The third-order valence-corrected chi connectivity index (χ3v) is 6.01. The second kappa shape index (κ2) is 11.8. The van der Waals surface area contributed by atoms with Crippen LogP contribution in [0.5, 0.6) is 0 Å². The van der Waals surface area contributed by atoms with E-state index in [1.54, 1.807) is 24.3 Å². The molecule has 1 fully saturated rings. The number of benzene rings is 2. The van der Waals surface area contributed by atoms with Gasteiger partial charge in [0.05, 0.1) is 5.60 Å². The molecule has 1 heterocycles. The Morgan fingerprint density at radius 2 is 1.61 bits per heavy atom. The van der Waals surface area contributed by atoms with Gasteiger partial charge in [-0.15, -0.1) is 0 Å². The van der Waals surface area contributed by atoms with Gasteiger partial charge in [0.15, 0.2) is 6.04 Å². The second-order valence-electron chi connectivity index (χ2n) is 8.96. The standard InChI is InChI=1S/C27H32N4O5/c1-5-36-27(2)17-31(18-27)16-21-10-8-19(9-11-21)6-7-20-12-14-22(15-13-20)26(34)30(4)23(24(32)28-3)25(33)29-35/h8-15,23,35H,5,16-18H2,1-4H3,(H,28,32)(H,29,33). The summed E-state index contributed by atoms with van der Waals surface area (Å²) in [6, 6.07) is 13.2. The summed E-state index contributed by atoms with van der Waals surface area (Å²) in [7, 11) is 2.65. The Morgan fingerprint density at radius 1 is 1.06 bits per heavy atom. The highest BCUT2D eigenvalue weighted by atomic mass is 16.5. The lowest BCUT2D eigenvalue weighted by Crippen LogP contribution is -2.60. The van der Waals surface area contributed by atoms with Gasteiger partial charge in [0.2, 0.25) is 0 Å². The number of rotatable bonds is 8. The van der Waals surface area contributed by atoms with Gasteiger partial charge in [-0.1, -0.05) is 24.0 Å². The smallest absolute Gasteiger partial charge is 0.275 e. The largest absolute Gasteiger partial charge is 0.373 e. The highest BCUT2D eigenvalue weighted by molar-refractivity contribution is 6.08. The number of nitrogens with one attached hydrogen (secondary N) is 2. The average Bonchev–Trinajstić information content (AvgIpc) is 2.87. The minimum Gasteiger partial charge on any atom is -0.373 e. The molecule has 9 nitrogen and oxygen atoms in total. The van der Waals surface area contributed by atoms with E-state index in [9.17, 15) is 14.4 Å². The number of likely N-dealkylation sites (tertiary alicyclic amines) is 1. The van der Waals surface area contributed by atoms with Gasteiger partial charge >= 0.3 is 0 Å². The van der Waals surface area contributed by atoms with Crippen molar-refractivity contribution in [2.75, 3.05) is 33.8 Å². The van der Waals surface area contributed by atoms with Crippen LogP contribution in [-0.2, 0) is 20.9 Å². The fourth-order valence-electron chi connectivity index (χ4n) is 4.23. The van der Waals surface area contributed by atoms with Crippen LogP contribution in [0.2, 0.25) is 0 Å². The number of hydrogen-bond donors (Lipinski definition) is 3. The molecule has 9 heteroatoms. The van der Waals surface area contributed by atoms with E-state index in [-0.39, 0.29) is 11.2 Å². The van der Waals surface area contributed by atoms with E-state index < -0.39 is 23.8 Å². The minimum atomic E-state index is -1.51. The fourth-order valence-corrected chi connectivity index (χ4v) is 4.23. The van der Waals surface area contributed by atoms with Gasteiger partial charge in [-0.25, -0.2) is 5.48 Å². The van der Waals surface area contributed by atoms with Crippen LogP contribution in [0.1, 0.15) is 40.9 Å². The zero-order chi connectivity index (χ0) is 26.3. The third kappa shape index (κ3) is 6.49. The van der Waals surface area contributed by atoms with Crippen molar-refractivity contribution in [2.45, 2.75) is 32.0 Å². The maximum absolute atomic E-state index is 12.8. The molecule has 1 atom stereocenters. The molecule has 0 spiro atoms. The molecule has 3 N–H and O–H groups in total. The predicted octanol–water partition coefficient (Wildman–Crippen LogP) is 1.39. The number of carbonyl (C=O) groups excluding carboxylic acids is 3. The van der Waals surface area contributed by atoms with Crippen LogP contribution in [0, 0.1) is 11.8 Å². The molecular formula is C27H32N4O5. The van der Waals surface area contributed by atoms with Crippen LogP contribution < -0.4 is 10.8 Å². The van der Waals surface area contributed by atoms with Gasteiger partial charge in [-0.2, -0.15) is 0 Å². The van der Waals surface area contributed by atoms with Crippen molar-refractivity contribution in [1.82, 2.24) is 20.6 Å². The summed E-state index contributed by atoms with van der Waals surface area (Å²) in [6.07, 6.45) is 0. The van der Waals surface area contributed by atoms with Crippen LogP contribution in [0.25, 0.3) is 0 Å². The number of hydroxylamine groups is 1. The highest BCUT2D eigenvalue weighted by Gasteiger charge is 2.39. The Morgan fingerprint density at radius 3 is 2.11 bits per heavy atom. The van der Waals surface area contributed by atoms with Crippen molar-refractivity contribution in [3.05, 3.63) is 70.8 Å². The first-order valence-electron chi connectivity index (χ1n) is 11.7. The van der Waals surface area contributed by atoms with Crippen molar-refractivity contribution in [3.8, 4) is 11.8 Å². The third-order valence-electron chi connectivity index (χ3n) is 6.01. The molecule has 0 aliphatic carbocycles. The molecule has 0 radical (unpaired) electrons. The van der Waals surface area contributed by atoms with Crippen LogP contribution in [0.3, 0.4) is 0 Å². The molecule has 3 amide bonds. The molecule has 1 aliphatic rings. The van der Waals surface area contributed by atoms with Crippen LogP contribution in [-0.4, -0.2) is 78.2 Å². The van der Waals surface area contributed by atoms with E-state index >= 15 is 0 Å². The molecular weight excluding hydrogens is 460 g/mol. The topological polar surface area (TPSA) is 111 Å². The van der Waals surface area contributed by atoms with Crippen molar-refractivity contribution >= 4 is 17.7 Å². The highest BCUT2D eigenvalue weighted by Crippen LogP contribution is 2.26. The Labute approximate surface area is 211 Å². The maximum Gasteiger partial charge on any atom is 0.275 e. The van der Waals surface area contributed by atoms with Gasteiger partial charge in [0.1, 0.15) is 0 Å². The quantitative estimate of drug-likeness (QED) is 0.222.